The Labute approximate surface area is 128 Å². The second-order valence-electron chi connectivity index (χ2n) is 4.42. The van der Waals surface area contributed by atoms with Crippen LogP contribution in [-0.2, 0) is 11.2 Å². The maximum atomic E-state index is 12.1. The lowest BCUT2D eigenvalue weighted by molar-refractivity contribution is -0.136. The number of anilines is 1. The number of aliphatic carboxylic acids is 1. The molecule has 0 bridgehead atoms. The van der Waals surface area contributed by atoms with Crippen LogP contribution in [0.15, 0.2) is 18.2 Å². The molecule has 0 saturated carbocycles. The Hall–Kier alpha value is -2.68. The van der Waals surface area contributed by atoms with Gasteiger partial charge in [0, 0.05) is 18.2 Å². The summed E-state index contributed by atoms with van der Waals surface area (Å²) in [6.45, 7) is 0.163. The molecule has 1 aliphatic heterocycles. The van der Waals surface area contributed by atoms with Crippen molar-refractivity contribution in [1.82, 2.24) is 10.2 Å². The van der Waals surface area contributed by atoms with Gasteiger partial charge in [-0.3, -0.25) is 9.59 Å². The van der Waals surface area contributed by atoms with Gasteiger partial charge in [-0.25, -0.2) is 0 Å². The van der Waals surface area contributed by atoms with Crippen molar-refractivity contribution in [3.05, 3.63) is 28.2 Å². The highest BCUT2D eigenvalue weighted by molar-refractivity contribution is 7.13. The number of rotatable bonds is 5. The summed E-state index contributed by atoms with van der Waals surface area (Å²) in [4.78, 5) is 22.6. The van der Waals surface area contributed by atoms with Crippen LogP contribution in [0.3, 0.4) is 0 Å². The number of amides is 1. The molecule has 1 aromatic carbocycles. The van der Waals surface area contributed by atoms with E-state index in [9.17, 15) is 9.59 Å². The predicted octanol–water partition coefficient (Wildman–Crippen LogP) is 1.54. The number of nitrogens with zero attached hydrogens (tertiary/aromatic N) is 2. The number of carboxylic acid groups (broad SMARTS) is 1. The number of benzene rings is 1. The van der Waals surface area contributed by atoms with Gasteiger partial charge in [-0.2, -0.15) is 0 Å². The van der Waals surface area contributed by atoms with E-state index >= 15 is 0 Å². The monoisotopic (exact) mass is 321 g/mol. The van der Waals surface area contributed by atoms with Gasteiger partial charge in [-0.15, -0.1) is 10.2 Å². The number of carbonyl (C=O) groups is 2. The number of ether oxygens (including phenoxy) is 2. The summed E-state index contributed by atoms with van der Waals surface area (Å²) in [6.07, 6.45) is 0.211. The Morgan fingerprint density at radius 3 is 2.91 bits per heavy atom. The van der Waals surface area contributed by atoms with Crippen molar-refractivity contribution in [2.24, 2.45) is 0 Å². The fourth-order valence-corrected chi connectivity index (χ4v) is 2.55. The van der Waals surface area contributed by atoms with E-state index in [-0.39, 0.29) is 24.6 Å². The van der Waals surface area contributed by atoms with Gasteiger partial charge in [0.1, 0.15) is 5.01 Å². The Balaban J connectivity index is 1.65. The standard InChI is InChI=1S/C13H11N3O5S/c17-11(18)4-3-10-15-16-13(22-10)12(19)14-7-1-2-8-9(5-7)21-6-20-8/h1-2,5H,3-4,6H2,(H,14,19)(H,17,18). The lowest BCUT2D eigenvalue weighted by Crippen LogP contribution is -2.11. The van der Waals surface area contributed by atoms with E-state index in [0.29, 0.717) is 22.2 Å². The Morgan fingerprint density at radius 1 is 1.27 bits per heavy atom. The van der Waals surface area contributed by atoms with Gasteiger partial charge in [0.25, 0.3) is 5.91 Å². The van der Waals surface area contributed by atoms with Crippen LogP contribution < -0.4 is 14.8 Å². The molecule has 1 amide bonds. The number of hydrogen-bond donors (Lipinski definition) is 2. The number of hydrogen-bond acceptors (Lipinski definition) is 7. The highest BCUT2D eigenvalue weighted by atomic mass is 32.1. The number of nitrogens with one attached hydrogen (secondary N) is 1. The van der Waals surface area contributed by atoms with E-state index in [1.54, 1.807) is 18.2 Å². The number of aryl methyl sites for hydroxylation is 1. The molecule has 2 heterocycles. The topological polar surface area (TPSA) is 111 Å². The summed E-state index contributed by atoms with van der Waals surface area (Å²) >= 11 is 1.07. The first kappa shape index (κ1) is 14.3. The third-order valence-corrected chi connectivity index (χ3v) is 3.83. The molecule has 22 heavy (non-hydrogen) atoms. The second-order valence-corrected chi connectivity index (χ2v) is 5.48. The number of carboxylic acids is 1. The zero-order valence-electron chi connectivity index (χ0n) is 11.2. The first-order valence-corrected chi connectivity index (χ1v) is 7.18. The molecule has 114 valence electrons. The molecule has 0 spiro atoms. The molecule has 0 aliphatic carbocycles. The zero-order chi connectivity index (χ0) is 15.5. The first-order valence-electron chi connectivity index (χ1n) is 6.37. The molecule has 0 atom stereocenters. The van der Waals surface area contributed by atoms with Crippen molar-refractivity contribution >= 4 is 28.9 Å². The van der Waals surface area contributed by atoms with Gasteiger partial charge in [0.15, 0.2) is 11.5 Å². The third-order valence-electron chi connectivity index (χ3n) is 2.84. The Morgan fingerprint density at radius 2 is 2.09 bits per heavy atom. The van der Waals surface area contributed by atoms with Gasteiger partial charge < -0.3 is 19.9 Å². The van der Waals surface area contributed by atoms with E-state index < -0.39 is 11.9 Å². The van der Waals surface area contributed by atoms with Crippen molar-refractivity contribution in [2.45, 2.75) is 12.8 Å². The van der Waals surface area contributed by atoms with Crippen molar-refractivity contribution in [3.63, 3.8) is 0 Å². The van der Waals surface area contributed by atoms with Gasteiger partial charge in [-0.05, 0) is 12.1 Å². The van der Waals surface area contributed by atoms with Crippen molar-refractivity contribution in [3.8, 4) is 11.5 Å². The molecule has 2 aromatic rings. The molecular weight excluding hydrogens is 310 g/mol. The minimum absolute atomic E-state index is 0.0432. The fourth-order valence-electron chi connectivity index (χ4n) is 1.82. The normalized spacial score (nSPS) is 12.2. The number of carbonyl (C=O) groups excluding carboxylic acids is 1. The molecule has 3 rings (SSSR count). The van der Waals surface area contributed by atoms with Crippen LogP contribution in [0, 0.1) is 0 Å². The smallest absolute Gasteiger partial charge is 0.303 e. The second kappa shape index (κ2) is 5.98. The Bertz CT molecular complexity index is 730. The molecule has 0 radical (unpaired) electrons. The molecule has 2 N–H and O–H groups in total. The van der Waals surface area contributed by atoms with Gasteiger partial charge in [0.2, 0.25) is 11.8 Å². The summed E-state index contributed by atoms with van der Waals surface area (Å²) < 4.78 is 10.4. The minimum Gasteiger partial charge on any atom is -0.481 e. The van der Waals surface area contributed by atoms with Crippen LogP contribution in [0.2, 0.25) is 0 Å². The van der Waals surface area contributed by atoms with Crippen molar-refractivity contribution in [1.29, 1.82) is 0 Å². The molecule has 0 fully saturated rings. The van der Waals surface area contributed by atoms with Crippen molar-refractivity contribution < 1.29 is 24.2 Å². The maximum absolute atomic E-state index is 12.1. The average Bonchev–Trinajstić information content (AvgIpc) is 3.13. The number of aromatic nitrogens is 2. The third kappa shape index (κ3) is 3.14. The van der Waals surface area contributed by atoms with Gasteiger partial charge in [0.05, 0.1) is 6.42 Å². The van der Waals surface area contributed by atoms with E-state index in [4.69, 9.17) is 14.6 Å². The quantitative estimate of drug-likeness (QED) is 0.859. The fraction of sp³-hybridized carbons (Fsp3) is 0.231. The maximum Gasteiger partial charge on any atom is 0.303 e. The van der Waals surface area contributed by atoms with Gasteiger partial charge in [-0.1, -0.05) is 11.3 Å². The summed E-state index contributed by atoms with van der Waals surface area (Å²) in [5.74, 6) is -0.124. The number of fused-ring (bicyclic) bond motifs is 1. The minimum atomic E-state index is -0.915. The molecule has 8 nitrogen and oxygen atoms in total. The van der Waals surface area contributed by atoms with Crippen LogP contribution in [0.25, 0.3) is 0 Å². The summed E-state index contributed by atoms with van der Waals surface area (Å²) in [5, 5.41) is 19.6. The van der Waals surface area contributed by atoms with Gasteiger partial charge >= 0.3 is 5.97 Å². The highest BCUT2D eigenvalue weighted by Gasteiger charge is 2.17. The molecule has 1 aromatic heterocycles. The average molecular weight is 321 g/mol. The summed E-state index contributed by atoms with van der Waals surface area (Å²) in [6, 6.07) is 5.06. The highest BCUT2D eigenvalue weighted by Crippen LogP contribution is 2.34. The van der Waals surface area contributed by atoms with Crippen LogP contribution in [0.1, 0.15) is 21.2 Å². The molecule has 0 unspecified atom stereocenters. The molecular formula is C13H11N3O5S. The lowest BCUT2D eigenvalue weighted by atomic mass is 10.3. The largest absolute Gasteiger partial charge is 0.481 e. The van der Waals surface area contributed by atoms with Crippen molar-refractivity contribution in [2.75, 3.05) is 12.1 Å². The summed E-state index contributed by atoms with van der Waals surface area (Å²) in [5.41, 5.74) is 0.552. The molecule has 0 saturated heterocycles. The van der Waals surface area contributed by atoms with E-state index in [1.807, 2.05) is 0 Å². The van der Waals surface area contributed by atoms with Crippen LogP contribution in [0.5, 0.6) is 11.5 Å². The van der Waals surface area contributed by atoms with Crippen LogP contribution in [0.4, 0.5) is 5.69 Å². The summed E-state index contributed by atoms with van der Waals surface area (Å²) in [7, 11) is 0. The molecule has 9 heteroatoms. The molecule has 1 aliphatic rings. The van der Waals surface area contributed by atoms with E-state index in [2.05, 4.69) is 15.5 Å². The van der Waals surface area contributed by atoms with E-state index in [1.165, 1.54) is 0 Å². The van der Waals surface area contributed by atoms with E-state index in [0.717, 1.165) is 11.3 Å². The first-order chi connectivity index (χ1) is 10.6. The van der Waals surface area contributed by atoms with Crippen LogP contribution in [-0.4, -0.2) is 34.0 Å². The van der Waals surface area contributed by atoms with Crippen LogP contribution >= 0.6 is 11.3 Å². The predicted molar refractivity (Wildman–Crippen MR) is 76.4 cm³/mol. The lowest BCUT2D eigenvalue weighted by Gasteiger charge is -2.03. The Kier molecular flexibility index (Phi) is 3.88. The SMILES string of the molecule is O=C(O)CCc1nnc(C(=O)Nc2ccc3c(c2)OCO3)s1. The zero-order valence-corrected chi connectivity index (χ0v) is 12.1.